The normalized spacial score (nSPS) is 13.9. The van der Waals surface area contributed by atoms with Crippen LogP contribution in [0.5, 0.6) is 5.75 Å². The number of anilines is 1. The Hall–Kier alpha value is -1.47. The van der Waals surface area contributed by atoms with Crippen molar-refractivity contribution in [2.24, 2.45) is 0 Å². The molecule has 8 heteroatoms. The number of sulfonamides is 1. The minimum absolute atomic E-state index is 0.0224. The standard InChI is InChI=1S/C16H25ClN2O4S/c1-6-7-11(2)18-16(20)12(3)19(24(5,21)22)13-8-9-15(23-4)14(17)10-13/h8-12H,6-7H2,1-5H3,(H,18,20)/t11-,12+/m0/s1. The number of hydrogen-bond acceptors (Lipinski definition) is 4. The summed E-state index contributed by atoms with van der Waals surface area (Å²) in [6.07, 6.45) is 2.82. The molecule has 0 bridgehead atoms. The summed E-state index contributed by atoms with van der Waals surface area (Å²) < 4.78 is 30.6. The zero-order valence-electron chi connectivity index (χ0n) is 14.7. The highest BCUT2D eigenvalue weighted by atomic mass is 35.5. The van der Waals surface area contributed by atoms with Gasteiger partial charge < -0.3 is 10.1 Å². The summed E-state index contributed by atoms with van der Waals surface area (Å²) in [5.41, 5.74) is 0.314. The molecule has 0 unspecified atom stereocenters. The topological polar surface area (TPSA) is 75.7 Å². The van der Waals surface area contributed by atoms with Gasteiger partial charge in [-0.3, -0.25) is 9.10 Å². The zero-order valence-corrected chi connectivity index (χ0v) is 16.2. The van der Waals surface area contributed by atoms with Crippen LogP contribution in [0.3, 0.4) is 0 Å². The molecule has 0 radical (unpaired) electrons. The molecule has 0 aliphatic rings. The number of halogens is 1. The summed E-state index contributed by atoms with van der Waals surface area (Å²) in [7, 11) is -2.20. The SMILES string of the molecule is CCC[C@H](C)NC(=O)[C@@H](C)N(c1ccc(OC)c(Cl)c1)S(C)(=O)=O. The second kappa shape index (κ2) is 8.58. The van der Waals surface area contributed by atoms with Gasteiger partial charge in [0.15, 0.2) is 0 Å². The maximum atomic E-state index is 12.4. The number of carbonyl (C=O) groups is 1. The smallest absolute Gasteiger partial charge is 0.243 e. The molecular formula is C16H25ClN2O4S. The van der Waals surface area contributed by atoms with Crippen LogP contribution in [0, 0.1) is 0 Å². The number of amides is 1. The molecule has 0 fully saturated rings. The predicted molar refractivity (Wildman–Crippen MR) is 97.3 cm³/mol. The fourth-order valence-electron chi connectivity index (χ4n) is 2.47. The van der Waals surface area contributed by atoms with Gasteiger partial charge in [0, 0.05) is 6.04 Å². The van der Waals surface area contributed by atoms with Crippen molar-refractivity contribution in [3.63, 3.8) is 0 Å². The van der Waals surface area contributed by atoms with E-state index in [2.05, 4.69) is 5.32 Å². The first-order valence-corrected chi connectivity index (χ1v) is 9.97. The van der Waals surface area contributed by atoms with E-state index in [-0.39, 0.29) is 17.0 Å². The fourth-order valence-corrected chi connectivity index (χ4v) is 3.89. The van der Waals surface area contributed by atoms with Crippen molar-refractivity contribution in [2.45, 2.75) is 45.7 Å². The van der Waals surface area contributed by atoms with E-state index in [1.807, 2.05) is 13.8 Å². The Morgan fingerprint density at radius 2 is 2.00 bits per heavy atom. The van der Waals surface area contributed by atoms with Crippen molar-refractivity contribution < 1.29 is 17.9 Å². The van der Waals surface area contributed by atoms with Crippen LogP contribution in [0.4, 0.5) is 5.69 Å². The highest BCUT2D eigenvalue weighted by Gasteiger charge is 2.30. The van der Waals surface area contributed by atoms with Crippen molar-refractivity contribution in [3.8, 4) is 5.75 Å². The Labute approximate surface area is 149 Å². The van der Waals surface area contributed by atoms with Gasteiger partial charge in [-0.2, -0.15) is 0 Å². The molecule has 0 saturated carbocycles. The molecule has 1 N–H and O–H groups in total. The highest BCUT2D eigenvalue weighted by Crippen LogP contribution is 2.31. The number of methoxy groups -OCH3 is 1. The van der Waals surface area contributed by atoms with Gasteiger partial charge in [0.05, 0.1) is 24.1 Å². The molecule has 0 aliphatic carbocycles. The van der Waals surface area contributed by atoms with Crippen molar-refractivity contribution in [1.29, 1.82) is 0 Å². The van der Waals surface area contributed by atoms with Gasteiger partial charge in [0.25, 0.3) is 0 Å². The summed E-state index contributed by atoms with van der Waals surface area (Å²) in [5, 5.41) is 3.11. The van der Waals surface area contributed by atoms with Gasteiger partial charge in [0.2, 0.25) is 15.9 Å². The second-order valence-corrected chi connectivity index (χ2v) is 8.02. The van der Waals surface area contributed by atoms with E-state index >= 15 is 0 Å². The minimum Gasteiger partial charge on any atom is -0.495 e. The third kappa shape index (κ3) is 5.27. The Kier molecular flexibility index (Phi) is 7.35. The lowest BCUT2D eigenvalue weighted by molar-refractivity contribution is -0.122. The summed E-state index contributed by atoms with van der Waals surface area (Å²) >= 11 is 6.09. The summed E-state index contributed by atoms with van der Waals surface area (Å²) in [5.74, 6) is 0.0795. The number of hydrogen-bond donors (Lipinski definition) is 1. The molecule has 136 valence electrons. The van der Waals surface area contributed by atoms with Crippen LogP contribution in [0.1, 0.15) is 33.6 Å². The van der Waals surface area contributed by atoms with Crippen molar-refractivity contribution >= 4 is 33.2 Å². The summed E-state index contributed by atoms with van der Waals surface area (Å²) in [4.78, 5) is 12.4. The van der Waals surface area contributed by atoms with E-state index < -0.39 is 16.1 Å². The fraction of sp³-hybridized carbons (Fsp3) is 0.562. The lowest BCUT2D eigenvalue weighted by Crippen LogP contribution is -2.49. The first kappa shape index (κ1) is 20.6. The van der Waals surface area contributed by atoms with Crippen LogP contribution < -0.4 is 14.4 Å². The first-order chi connectivity index (χ1) is 11.1. The number of nitrogens with zero attached hydrogens (tertiary/aromatic N) is 1. The Morgan fingerprint density at radius 1 is 1.38 bits per heavy atom. The average Bonchev–Trinajstić information content (AvgIpc) is 2.46. The van der Waals surface area contributed by atoms with E-state index in [0.29, 0.717) is 11.4 Å². The molecule has 1 aromatic rings. The Bertz CT molecular complexity index is 679. The molecule has 1 amide bonds. The second-order valence-electron chi connectivity index (χ2n) is 5.75. The molecule has 0 aromatic heterocycles. The van der Waals surface area contributed by atoms with Gasteiger partial charge in [-0.15, -0.1) is 0 Å². The largest absolute Gasteiger partial charge is 0.495 e. The van der Waals surface area contributed by atoms with Crippen LogP contribution in [0.2, 0.25) is 5.02 Å². The maximum absolute atomic E-state index is 12.4. The molecule has 0 spiro atoms. The quantitative estimate of drug-likeness (QED) is 0.756. The molecule has 0 heterocycles. The van der Waals surface area contributed by atoms with Crippen molar-refractivity contribution in [3.05, 3.63) is 23.2 Å². The first-order valence-electron chi connectivity index (χ1n) is 7.75. The number of ether oxygens (including phenoxy) is 1. The summed E-state index contributed by atoms with van der Waals surface area (Å²) in [6.45, 7) is 5.46. The molecule has 6 nitrogen and oxygen atoms in total. The maximum Gasteiger partial charge on any atom is 0.243 e. The van der Waals surface area contributed by atoms with Crippen LogP contribution >= 0.6 is 11.6 Å². The summed E-state index contributed by atoms with van der Waals surface area (Å²) in [6, 6.07) is 3.68. The molecule has 1 rings (SSSR count). The van der Waals surface area contributed by atoms with E-state index in [1.54, 1.807) is 19.1 Å². The Morgan fingerprint density at radius 3 is 2.46 bits per heavy atom. The molecule has 2 atom stereocenters. The van der Waals surface area contributed by atoms with Crippen LogP contribution in [0.15, 0.2) is 18.2 Å². The molecular weight excluding hydrogens is 352 g/mol. The van der Waals surface area contributed by atoms with Gasteiger partial charge >= 0.3 is 0 Å². The van der Waals surface area contributed by atoms with Crippen molar-refractivity contribution in [1.82, 2.24) is 5.32 Å². The van der Waals surface area contributed by atoms with Crippen LogP contribution in [-0.2, 0) is 14.8 Å². The van der Waals surface area contributed by atoms with Gasteiger partial charge in [0.1, 0.15) is 11.8 Å². The molecule has 0 saturated heterocycles. The van der Waals surface area contributed by atoms with Crippen LogP contribution in [-0.4, -0.2) is 39.8 Å². The third-order valence-corrected chi connectivity index (χ3v) is 5.13. The average molecular weight is 377 g/mol. The van der Waals surface area contributed by atoms with Crippen molar-refractivity contribution in [2.75, 3.05) is 17.7 Å². The Balaban J connectivity index is 3.14. The van der Waals surface area contributed by atoms with E-state index in [1.165, 1.54) is 13.2 Å². The van der Waals surface area contributed by atoms with E-state index in [0.717, 1.165) is 23.4 Å². The number of benzene rings is 1. The number of rotatable bonds is 8. The lowest BCUT2D eigenvalue weighted by Gasteiger charge is -2.29. The van der Waals surface area contributed by atoms with E-state index in [9.17, 15) is 13.2 Å². The van der Waals surface area contributed by atoms with E-state index in [4.69, 9.17) is 16.3 Å². The monoisotopic (exact) mass is 376 g/mol. The predicted octanol–water partition coefficient (Wildman–Crippen LogP) is 2.81. The third-order valence-electron chi connectivity index (χ3n) is 3.59. The van der Waals surface area contributed by atoms with Gasteiger partial charge in [-0.1, -0.05) is 24.9 Å². The van der Waals surface area contributed by atoms with Gasteiger partial charge in [-0.05, 0) is 38.5 Å². The highest BCUT2D eigenvalue weighted by molar-refractivity contribution is 7.92. The molecule has 1 aromatic carbocycles. The molecule has 24 heavy (non-hydrogen) atoms. The number of carbonyl (C=O) groups excluding carboxylic acids is 1. The lowest BCUT2D eigenvalue weighted by atomic mass is 10.2. The van der Waals surface area contributed by atoms with Crippen LogP contribution in [0.25, 0.3) is 0 Å². The minimum atomic E-state index is -3.67. The zero-order chi connectivity index (χ0) is 18.5. The van der Waals surface area contributed by atoms with Gasteiger partial charge in [-0.25, -0.2) is 8.42 Å². The molecule has 0 aliphatic heterocycles. The number of nitrogens with one attached hydrogen (secondary N) is 1.